The number of piperazine rings is 1. The molecule has 60 valence electrons. The molecule has 4 nitrogen and oxygen atoms in total. The molecular weight excluding hydrogens is 128 g/mol. The van der Waals surface area contributed by atoms with Crippen molar-refractivity contribution in [3.63, 3.8) is 0 Å². The van der Waals surface area contributed by atoms with E-state index >= 15 is 0 Å². The van der Waals surface area contributed by atoms with Crippen LogP contribution in [0.4, 0.5) is 0 Å². The van der Waals surface area contributed by atoms with E-state index in [2.05, 4.69) is 17.4 Å². The van der Waals surface area contributed by atoms with Crippen LogP contribution in [-0.2, 0) is 0 Å². The normalized spacial score (nSPS) is 30.9. The van der Waals surface area contributed by atoms with Gasteiger partial charge in [0.1, 0.15) is 0 Å². The SMILES string of the molecule is CNN1CCN(N)CC1C. The van der Waals surface area contributed by atoms with E-state index in [9.17, 15) is 0 Å². The lowest BCUT2D eigenvalue weighted by molar-refractivity contribution is 0.0505. The zero-order valence-corrected chi connectivity index (χ0v) is 6.67. The van der Waals surface area contributed by atoms with Gasteiger partial charge < -0.3 is 0 Å². The number of hydrazine groups is 2. The molecule has 0 bridgehead atoms. The molecule has 0 aromatic carbocycles. The predicted octanol–water partition coefficient (Wildman–Crippen LogP) is -0.999. The van der Waals surface area contributed by atoms with Crippen LogP contribution in [0.1, 0.15) is 6.92 Å². The first-order chi connectivity index (χ1) is 4.74. The van der Waals surface area contributed by atoms with Crippen LogP contribution in [0.5, 0.6) is 0 Å². The third-order valence-electron chi connectivity index (χ3n) is 1.95. The highest BCUT2D eigenvalue weighted by atomic mass is 15.6. The quantitative estimate of drug-likeness (QED) is 0.463. The van der Waals surface area contributed by atoms with E-state index in [4.69, 9.17) is 5.84 Å². The standard InChI is InChI=1S/C6H16N4/c1-6-5-9(7)3-4-10(6)8-2/h6,8H,3-5,7H2,1-2H3. The number of nitrogens with one attached hydrogen (secondary N) is 1. The van der Waals surface area contributed by atoms with Crippen molar-refractivity contribution in [3.05, 3.63) is 0 Å². The van der Waals surface area contributed by atoms with Gasteiger partial charge in [-0.25, -0.2) is 10.0 Å². The summed E-state index contributed by atoms with van der Waals surface area (Å²) in [4.78, 5) is 0. The minimum absolute atomic E-state index is 0.517. The fourth-order valence-electron chi connectivity index (χ4n) is 1.32. The van der Waals surface area contributed by atoms with Crippen molar-refractivity contribution in [2.75, 3.05) is 26.7 Å². The van der Waals surface area contributed by atoms with E-state index < -0.39 is 0 Å². The van der Waals surface area contributed by atoms with Gasteiger partial charge in [0.05, 0.1) is 0 Å². The van der Waals surface area contributed by atoms with Crippen molar-refractivity contribution < 1.29 is 0 Å². The number of hydrogen-bond acceptors (Lipinski definition) is 4. The molecule has 0 amide bonds. The van der Waals surface area contributed by atoms with E-state index in [1.165, 1.54) is 0 Å². The Bertz CT molecular complexity index is 106. The fraction of sp³-hybridized carbons (Fsp3) is 1.00. The van der Waals surface area contributed by atoms with Gasteiger partial charge in [0.25, 0.3) is 0 Å². The first-order valence-corrected chi connectivity index (χ1v) is 3.67. The van der Waals surface area contributed by atoms with Crippen molar-refractivity contribution >= 4 is 0 Å². The average Bonchev–Trinajstić information content (AvgIpc) is 1.88. The lowest BCUT2D eigenvalue weighted by atomic mass is 10.2. The highest BCUT2D eigenvalue weighted by Crippen LogP contribution is 2.01. The highest BCUT2D eigenvalue weighted by molar-refractivity contribution is 4.72. The molecule has 0 aromatic heterocycles. The molecule has 1 rings (SSSR count). The zero-order valence-electron chi connectivity index (χ0n) is 6.67. The van der Waals surface area contributed by atoms with Crippen LogP contribution < -0.4 is 11.3 Å². The lowest BCUT2D eigenvalue weighted by Gasteiger charge is -2.36. The summed E-state index contributed by atoms with van der Waals surface area (Å²) in [6, 6.07) is 0.517. The topological polar surface area (TPSA) is 44.5 Å². The molecular formula is C6H16N4. The molecule has 1 aliphatic rings. The van der Waals surface area contributed by atoms with Crippen molar-refractivity contribution in [1.82, 2.24) is 15.4 Å². The summed E-state index contributed by atoms with van der Waals surface area (Å²) in [7, 11) is 1.95. The Hall–Kier alpha value is -0.160. The van der Waals surface area contributed by atoms with E-state index in [1.807, 2.05) is 12.1 Å². The third kappa shape index (κ3) is 1.67. The van der Waals surface area contributed by atoms with Gasteiger partial charge in [-0.15, -0.1) is 0 Å². The second-order valence-electron chi connectivity index (χ2n) is 2.76. The second-order valence-corrected chi connectivity index (χ2v) is 2.76. The number of hydrogen-bond donors (Lipinski definition) is 2. The minimum Gasteiger partial charge on any atom is -0.269 e. The van der Waals surface area contributed by atoms with Crippen LogP contribution in [0.15, 0.2) is 0 Å². The molecule has 0 spiro atoms. The summed E-state index contributed by atoms with van der Waals surface area (Å²) < 4.78 is 0. The molecule has 0 saturated carbocycles. The molecule has 1 saturated heterocycles. The van der Waals surface area contributed by atoms with Gasteiger partial charge in [0.15, 0.2) is 0 Å². The van der Waals surface area contributed by atoms with Crippen LogP contribution in [0.25, 0.3) is 0 Å². The molecule has 1 fully saturated rings. The first kappa shape index (κ1) is 7.94. The van der Waals surface area contributed by atoms with Crippen molar-refractivity contribution in [1.29, 1.82) is 0 Å². The first-order valence-electron chi connectivity index (χ1n) is 3.67. The van der Waals surface area contributed by atoms with Crippen molar-refractivity contribution in [2.24, 2.45) is 5.84 Å². The summed E-state index contributed by atoms with van der Waals surface area (Å²) in [6.45, 7) is 5.07. The van der Waals surface area contributed by atoms with E-state index in [-0.39, 0.29) is 0 Å². The Morgan fingerprint density at radius 1 is 1.50 bits per heavy atom. The van der Waals surface area contributed by atoms with Crippen LogP contribution in [0, 0.1) is 0 Å². The summed E-state index contributed by atoms with van der Waals surface area (Å²) in [5.41, 5.74) is 3.13. The lowest BCUT2D eigenvalue weighted by Crippen LogP contribution is -2.57. The average molecular weight is 144 g/mol. The van der Waals surface area contributed by atoms with Gasteiger partial charge in [-0.3, -0.25) is 11.3 Å². The maximum atomic E-state index is 5.62. The Morgan fingerprint density at radius 3 is 2.70 bits per heavy atom. The second kappa shape index (κ2) is 3.30. The molecule has 1 atom stereocenters. The highest BCUT2D eigenvalue weighted by Gasteiger charge is 2.19. The van der Waals surface area contributed by atoms with Gasteiger partial charge in [0, 0.05) is 25.7 Å². The van der Waals surface area contributed by atoms with Crippen LogP contribution in [0.3, 0.4) is 0 Å². The molecule has 3 N–H and O–H groups in total. The van der Waals surface area contributed by atoms with E-state index in [0.717, 1.165) is 19.6 Å². The molecule has 0 aromatic rings. The molecule has 1 heterocycles. The Labute approximate surface area is 61.9 Å². The van der Waals surface area contributed by atoms with Crippen LogP contribution in [-0.4, -0.2) is 42.7 Å². The summed E-state index contributed by atoms with van der Waals surface area (Å²) >= 11 is 0. The van der Waals surface area contributed by atoms with Gasteiger partial charge in [-0.2, -0.15) is 0 Å². The molecule has 0 aliphatic carbocycles. The predicted molar refractivity (Wildman–Crippen MR) is 41.0 cm³/mol. The number of rotatable bonds is 1. The molecule has 1 unspecified atom stereocenters. The molecule has 0 radical (unpaired) electrons. The third-order valence-corrected chi connectivity index (χ3v) is 1.95. The number of nitrogens with two attached hydrogens (primary N) is 1. The van der Waals surface area contributed by atoms with E-state index in [1.54, 1.807) is 0 Å². The van der Waals surface area contributed by atoms with Crippen LogP contribution in [0.2, 0.25) is 0 Å². The summed E-state index contributed by atoms with van der Waals surface area (Å²) in [5.74, 6) is 5.62. The van der Waals surface area contributed by atoms with E-state index in [0.29, 0.717) is 6.04 Å². The fourth-order valence-corrected chi connectivity index (χ4v) is 1.32. The maximum Gasteiger partial charge on any atom is 0.0356 e. The van der Waals surface area contributed by atoms with Gasteiger partial charge in [-0.1, -0.05) is 0 Å². The summed E-state index contributed by atoms with van der Waals surface area (Å²) in [5, 5.41) is 4.06. The Kier molecular flexibility index (Phi) is 2.62. The number of nitrogens with zero attached hydrogens (tertiary/aromatic N) is 2. The Balaban J connectivity index is 2.36. The smallest absolute Gasteiger partial charge is 0.0356 e. The summed E-state index contributed by atoms with van der Waals surface area (Å²) in [6.07, 6.45) is 0. The van der Waals surface area contributed by atoms with Crippen LogP contribution >= 0.6 is 0 Å². The molecule has 1 aliphatic heterocycles. The monoisotopic (exact) mass is 144 g/mol. The molecule has 4 heteroatoms. The largest absolute Gasteiger partial charge is 0.269 e. The van der Waals surface area contributed by atoms with Gasteiger partial charge in [-0.05, 0) is 14.0 Å². The van der Waals surface area contributed by atoms with Gasteiger partial charge >= 0.3 is 0 Å². The molecule has 10 heavy (non-hydrogen) atoms. The van der Waals surface area contributed by atoms with Crippen molar-refractivity contribution in [3.8, 4) is 0 Å². The van der Waals surface area contributed by atoms with Gasteiger partial charge in [0.2, 0.25) is 0 Å². The maximum absolute atomic E-state index is 5.62. The zero-order chi connectivity index (χ0) is 7.56. The van der Waals surface area contributed by atoms with Crippen molar-refractivity contribution in [2.45, 2.75) is 13.0 Å². The Morgan fingerprint density at radius 2 is 2.20 bits per heavy atom. The minimum atomic E-state index is 0.517.